The number of Topliss-reactive ketones (excluding diaryl/α,β-unsaturated/α-hetero) is 1. The lowest BCUT2D eigenvalue weighted by molar-refractivity contribution is -0.117. The first-order chi connectivity index (χ1) is 15.2. The molecule has 0 aliphatic carbocycles. The number of halogens is 2. The number of thiophene rings is 1. The molecule has 0 fully saturated rings. The van der Waals surface area contributed by atoms with Crippen LogP contribution in [0.25, 0.3) is 0 Å². The van der Waals surface area contributed by atoms with E-state index in [2.05, 4.69) is 5.10 Å². The van der Waals surface area contributed by atoms with Gasteiger partial charge in [-0.2, -0.15) is 10.1 Å². The quantitative estimate of drug-likeness (QED) is 0.495. The molecule has 32 heavy (non-hydrogen) atoms. The molecule has 4 rings (SSSR count). The van der Waals surface area contributed by atoms with Gasteiger partial charge in [0.2, 0.25) is 0 Å². The molecule has 6 nitrogen and oxygen atoms in total. The number of amides is 1. The van der Waals surface area contributed by atoms with E-state index >= 15 is 0 Å². The maximum Gasteiger partial charge on any atom is 0.253 e. The fraction of sp³-hybridized carbons (Fsp3) is 0.136. The van der Waals surface area contributed by atoms with E-state index in [-0.39, 0.29) is 28.6 Å². The first kappa shape index (κ1) is 22.3. The largest absolute Gasteiger partial charge is 0.298 e. The van der Waals surface area contributed by atoms with Crippen molar-refractivity contribution < 1.29 is 22.4 Å². The van der Waals surface area contributed by atoms with Crippen molar-refractivity contribution >= 4 is 55.9 Å². The van der Waals surface area contributed by atoms with Crippen LogP contribution in [0, 0.1) is 5.82 Å². The highest BCUT2D eigenvalue weighted by Crippen LogP contribution is 2.28. The number of hydrazone groups is 1. The summed E-state index contributed by atoms with van der Waals surface area (Å²) < 4.78 is 39.7. The predicted octanol–water partition coefficient (Wildman–Crippen LogP) is 4.27. The van der Waals surface area contributed by atoms with Gasteiger partial charge in [-0.3, -0.25) is 9.59 Å². The van der Waals surface area contributed by atoms with Crippen LogP contribution in [0.3, 0.4) is 0 Å². The molecule has 164 valence electrons. The number of hydrogen-bond donors (Lipinski definition) is 0. The molecular formula is C22H16ClFN2O4S2. The Hall–Kier alpha value is -2.88. The van der Waals surface area contributed by atoms with Crippen molar-refractivity contribution in [3.05, 3.63) is 81.9 Å². The molecule has 0 saturated carbocycles. The zero-order chi connectivity index (χ0) is 22.9. The number of hydrogen-bond acceptors (Lipinski definition) is 6. The third kappa shape index (κ3) is 4.79. The Bertz CT molecular complexity index is 1340. The van der Waals surface area contributed by atoms with Crippen LogP contribution in [0.4, 0.5) is 10.1 Å². The molecule has 2 heterocycles. The molecule has 0 unspecified atom stereocenters. The summed E-state index contributed by atoms with van der Waals surface area (Å²) in [7, 11) is -3.81. The number of rotatable bonds is 7. The molecule has 1 aliphatic heterocycles. The third-order valence-corrected chi connectivity index (χ3v) is 8.22. The van der Waals surface area contributed by atoms with Gasteiger partial charge in [-0.25, -0.2) is 12.8 Å². The number of carbonyl (C=O) groups excluding carboxylic acids is 2. The highest BCUT2D eigenvalue weighted by molar-refractivity contribution is 7.94. The molecule has 0 atom stereocenters. The third-order valence-electron chi connectivity index (χ3n) is 4.73. The minimum Gasteiger partial charge on any atom is -0.298 e. The predicted molar refractivity (Wildman–Crippen MR) is 122 cm³/mol. The Morgan fingerprint density at radius 3 is 2.53 bits per heavy atom. The number of ketones is 1. The highest BCUT2D eigenvalue weighted by atomic mass is 35.5. The summed E-state index contributed by atoms with van der Waals surface area (Å²) in [5, 5.41) is 5.26. The summed E-state index contributed by atoms with van der Waals surface area (Å²) in [5.74, 6) is -2.38. The summed E-state index contributed by atoms with van der Waals surface area (Å²) in [6, 6.07) is 15.9. The average Bonchev–Trinajstić information content (AvgIpc) is 3.35. The second kappa shape index (κ2) is 8.93. The normalized spacial score (nSPS) is 14.0. The van der Waals surface area contributed by atoms with Crippen LogP contribution < -0.4 is 5.01 Å². The Kier molecular flexibility index (Phi) is 6.23. The molecule has 3 aromatic rings. The molecule has 0 N–H and O–H groups in total. The monoisotopic (exact) mass is 490 g/mol. The molecule has 2 aromatic carbocycles. The van der Waals surface area contributed by atoms with Crippen LogP contribution in [0.1, 0.15) is 17.5 Å². The van der Waals surface area contributed by atoms with E-state index in [0.29, 0.717) is 15.6 Å². The first-order valence-corrected chi connectivity index (χ1v) is 12.3. The molecule has 0 radical (unpaired) electrons. The van der Waals surface area contributed by atoms with Gasteiger partial charge in [0, 0.05) is 6.42 Å². The van der Waals surface area contributed by atoms with Gasteiger partial charge in [0.1, 0.15) is 21.5 Å². The number of carbonyl (C=O) groups is 2. The van der Waals surface area contributed by atoms with Gasteiger partial charge in [0.15, 0.2) is 15.6 Å². The van der Waals surface area contributed by atoms with Crippen molar-refractivity contribution in [1.82, 2.24) is 0 Å². The van der Waals surface area contributed by atoms with Gasteiger partial charge < -0.3 is 0 Å². The van der Waals surface area contributed by atoms with E-state index in [4.69, 9.17) is 11.6 Å². The summed E-state index contributed by atoms with van der Waals surface area (Å²) in [4.78, 5) is 24.7. The van der Waals surface area contributed by atoms with Crippen molar-refractivity contribution in [1.29, 1.82) is 0 Å². The van der Waals surface area contributed by atoms with Crippen LogP contribution in [0.5, 0.6) is 0 Å². The Labute approximate surface area is 192 Å². The second-order valence-electron chi connectivity index (χ2n) is 7.11. The molecule has 0 bridgehead atoms. The van der Waals surface area contributed by atoms with Crippen LogP contribution in [0.2, 0.25) is 4.34 Å². The van der Waals surface area contributed by atoms with Crippen molar-refractivity contribution in [2.24, 2.45) is 5.10 Å². The van der Waals surface area contributed by atoms with Gasteiger partial charge in [0.05, 0.1) is 16.5 Å². The van der Waals surface area contributed by atoms with Crippen LogP contribution in [-0.2, 0) is 25.8 Å². The van der Waals surface area contributed by atoms with Crippen molar-refractivity contribution in [3.63, 3.8) is 0 Å². The van der Waals surface area contributed by atoms with E-state index in [1.165, 1.54) is 24.3 Å². The molecule has 1 amide bonds. The Morgan fingerprint density at radius 2 is 1.88 bits per heavy atom. The molecule has 0 spiro atoms. The van der Waals surface area contributed by atoms with Crippen molar-refractivity contribution in [2.75, 3.05) is 10.8 Å². The molecular weight excluding hydrogens is 475 g/mol. The van der Waals surface area contributed by atoms with E-state index in [1.54, 1.807) is 0 Å². The maximum atomic E-state index is 14.8. The van der Waals surface area contributed by atoms with Crippen molar-refractivity contribution in [2.45, 2.75) is 17.1 Å². The van der Waals surface area contributed by atoms with E-state index in [9.17, 15) is 22.4 Å². The minimum absolute atomic E-state index is 0.0111. The minimum atomic E-state index is -3.81. The fourth-order valence-electron chi connectivity index (χ4n) is 3.27. The summed E-state index contributed by atoms with van der Waals surface area (Å²) in [6.07, 6.45) is -0.212. The Balaban J connectivity index is 1.48. The lowest BCUT2D eigenvalue weighted by atomic mass is 10.1. The van der Waals surface area contributed by atoms with Gasteiger partial charge in [-0.15, -0.1) is 11.3 Å². The fourth-order valence-corrected chi connectivity index (χ4v) is 6.08. The standard InChI is InChI=1S/C22H16ClFN2O4S2/c23-20-8-9-22(31-20)32(29,30)13-16(27)10-14-6-7-19(17(24)11-14)26-21(28)12-18(25-26)15-4-2-1-3-5-15/h1-9,11H,10,12-13H2. The number of nitrogens with zero attached hydrogens (tertiary/aromatic N) is 2. The van der Waals surface area contributed by atoms with Gasteiger partial charge in [-0.05, 0) is 35.4 Å². The maximum absolute atomic E-state index is 14.8. The zero-order valence-corrected chi connectivity index (χ0v) is 18.9. The van der Waals surface area contributed by atoms with Crippen LogP contribution in [-0.4, -0.2) is 31.6 Å². The second-order valence-corrected chi connectivity index (χ2v) is 11.0. The summed E-state index contributed by atoms with van der Waals surface area (Å²) in [6.45, 7) is 0. The summed E-state index contributed by atoms with van der Waals surface area (Å²) >= 11 is 6.64. The number of anilines is 1. The van der Waals surface area contributed by atoms with Gasteiger partial charge in [-0.1, -0.05) is 48.0 Å². The van der Waals surface area contributed by atoms with Crippen LogP contribution in [0.15, 0.2) is 70.0 Å². The topological polar surface area (TPSA) is 83.9 Å². The lowest BCUT2D eigenvalue weighted by Gasteiger charge is -2.13. The average molecular weight is 491 g/mol. The Morgan fingerprint density at radius 1 is 1.12 bits per heavy atom. The number of sulfone groups is 1. The first-order valence-electron chi connectivity index (χ1n) is 9.47. The van der Waals surface area contributed by atoms with Crippen molar-refractivity contribution in [3.8, 4) is 0 Å². The number of benzene rings is 2. The molecule has 1 aromatic heterocycles. The van der Waals surface area contributed by atoms with E-state index in [1.807, 2.05) is 30.3 Å². The molecule has 10 heteroatoms. The van der Waals surface area contributed by atoms with Gasteiger partial charge >= 0.3 is 0 Å². The highest BCUT2D eigenvalue weighted by Gasteiger charge is 2.28. The molecule has 0 saturated heterocycles. The summed E-state index contributed by atoms with van der Waals surface area (Å²) in [5.41, 5.74) is 1.58. The van der Waals surface area contributed by atoms with E-state index in [0.717, 1.165) is 28.0 Å². The molecule has 1 aliphatic rings. The smallest absolute Gasteiger partial charge is 0.253 e. The SMILES string of the molecule is O=C(Cc1ccc(N2N=C(c3ccccc3)CC2=O)c(F)c1)CS(=O)(=O)c1ccc(Cl)s1. The lowest BCUT2D eigenvalue weighted by Crippen LogP contribution is -2.21. The van der Waals surface area contributed by atoms with Gasteiger partial charge in [0.25, 0.3) is 5.91 Å². The van der Waals surface area contributed by atoms with Crippen LogP contribution >= 0.6 is 22.9 Å². The van der Waals surface area contributed by atoms with E-state index < -0.39 is 27.2 Å². The zero-order valence-electron chi connectivity index (χ0n) is 16.5.